The molecule has 0 saturated heterocycles. The molecular formula is C16H17ClO2. The number of allylic oxidation sites excluding steroid dienone is 1. The monoisotopic (exact) mass is 276 g/mol. The maximum atomic E-state index is 10.3. The van der Waals surface area contributed by atoms with Crippen molar-refractivity contribution < 1.29 is 9.52 Å². The van der Waals surface area contributed by atoms with Crippen LogP contribution in [-0.2, 0) is 0 Å². The molecule has 1 aromatic carbocycles. The molecule has 19 heavy (non-hydrogen) atoms. The summed E-state index contributed by atoms with van der Waals surface area (Å²) in [6.45, 7) is 0. The minimum Gasteiger partial charge on any atom is -0.458 e. The van der Waals surface area contributed by atoms with Gasteiger partial charge < -0.3 is 9.52 Å². The fourth-order valence-electron chi connectivity index (χ4n) is 2.64. The van der Waals surface area contributed by atoms with Gasteiger partial charge in [0.15, 0.2) is 0 Å². The number of fused-ring (bicyclic) bond motifs is 1. The van der Waals surface area contributed by atoms with Gasteiger partial charge in [0.05, 0.1) is 0 Å². The summed E-state index contributed by atoms with van der Waals surface area (Å²) >= 11 is 5.95. The summed E-state index contributed by atoms with van der Waals surface area (Å²) in [6, 6.07) is 7.38. The Morgan fingerprint density at radius 2 is 2.16 bits per heavy atom. The van der Waals surface area contributed by atoms with Crippen LogP contribution < -0.4 is 0 Å². The molecule has 0 fully saturated rings. The third-order valence-corrected chi connectivity index (χ3v) is 3.90. The second-order valence-electron chi connectivity index (χ2n) is 5.16. The summed E-state index contributed by atoms with van der Waals surface area (Å²) in [5.74, 6) is 0.628. The molecule has 1 atom stereocenters. The molecule has 1 aromatic heterocycles. The molecule has 0 saturated carbocycles. The lowest BCUT2D eigenvalue weighted by atomic mass is 9.94. The van der Waals surface area contributed by atoms with E-state index < -0.39 is 6.10 Å². The molecule has 0 aliphatic heterocycles. The summed E-state index contributed by atoms with van der Waals surface area (Å²) in [6.07, 6.45) is 7.10. The molecule has 2 aromatic rings. The van der Waals surface area contributed by atoms with Gasteiger partial charge in [-0.3, -0.25) is 0 Å². The molecule has 0 amide bonds. The largest absolute Gasteiger partial charge is 0.458 e. The highest BCUT2D eigenvalue weighted by Gasteiger charge is 2.16. The first kappa shape index (κ1) is 12.8. The van der Waals surface area contributed by atoms with E-state index in [1.54, 1.807) is 6.07 Å². The number of hydrogen-bond acceptors (Lipinski definition) is 2. The van der Waals surface area contributed by atoms with E-state index in [2.05, 4.69) is 6.08 Å². The molecule has 2 nitrogen and oxygen atoms in total. The molecule has 1 aliphatic rings. The van der Waals surface area contributed by atoms with Crippen LogP contribution in [0.4, 0.5) is 0 Å². The van der Waals surface area contributed by atoms with Crippen molar-refractivity contribution in [1.29, 1.82) is 0 Å². The number of rotatable bonds is 3. The van der Waals surface area contributed by atoms with E-state index >= 15 is 0 Å². The summed E-state index contributed by atoms with van der Waals surface area (Å²) in [4.78, 5) is 0. The van der Waals surface area contributed by atoms with Crippen LogP contribution in [0.3, 0.4) is 0 Å². The van der Waals surface area contributed by atoms with Crippen molar-refractivity contribution in [2.24, 2.45) is 0 Å². The first-order valence-electron chi connectivity index (χ1n) is 6.77. The van der Waals surface area contributed by atoms with Gasteiger partial charge in [-0.2, -0.15) is 0 Å². The van der Waals surface area contributed by atoms with Gasteiger partial charge in [-0.25, -0.2) is 0 Å². The molecule has 3 rings (SSSR count). The van der Waals surface area contributed by atoms with Gasteiger partial charge in [-0.05, 0) is 49.9 Å². The highest BCUT2D eigenvalue weighted by molar-refractivity contribution is 6.31. The number of aliphatic hydroxyl groups is 1. The van der Waals surface area contributed by atoms with Crippen LogP contribution in [-0.4, -0.2) is 5.11 Å². The van der Waals surface area contributed by atoms with Gasteiger partial charge in [0, 0.05) is 16.8 Å². The average Bonchev–Trinajstić information content (AvgIpc) is 2.83. The van der Waals surface area contributed by atoms with E-state index in [0.29, 0.717) is 17.2 Å². The zero-order chi connectivity index (χ0) is 13.2. The second kappa shape index (κ2) is 5.40. The van der Waals surface area contributed by atoms with E-state index in [1.807, 2.05) is 18.2 Å². The predicted molar refractivity (Wildman–Crippen MR) is 77.4 cm³/mol. The van der Waals surface area contributed by atoms with Crippen molar-refractivity contribution in [3.8, 4) is 0 Å². The first-order valence-corrected chi connectivity index (χ1v) is 7.15. The summed E-state index contributed by atoms with van der Waals surface area (Å²) in [7, 11) is 0. The quantitative estimate of drug-likeness (QED) is 0.800. The van der Waals surface area contributed by atoms with Gasteiger partial charge >= 0.3 is 0 Å². The second-order valence-corrected chi connectivity index (χ2v) is 5.60. The van der Waals surface area contributed by atoms with E-state index in [0.717, 1.165) is 23.8 Å². The number of halogens is 1. The number of hydrogen-bond donors (Lipinski definition) is 1. The fraction of sp³-hybridized carbons (Fsp3) is 0.375. The Labute approximate surface area is 117 Å². The van der Waals surface area contributed by atoms with Crippen LogP contribution in [0.25, 0.3) is 11.0 Å². The molecule has 0 spiro atoms. The standard InChI is InChI=1S/C16H17ClO2/c17-13-6-7-15-12(9-13)10-16(19-15)14(18)8-11-4-2-1-3-5-11/h4,6-7,9-10,14,18H,1-3,5,8H2. The highest BCUT2D eigenvalue weighted by atomic mass is 35.5. The zero-order valence-corrected chi connectivity index (χ0v) is 11.5. The molecular weight excluding hydrogens is 260 g/mol. The van der Waals surface area contributed by atoms with Crippen LogP contribution in [0.5, 0.6) is 0 Å². The normalized spacial score (nSPS) is 17.5. The molecule has 100 valence electrons. The minimum absolute atomic E-state index is 0.560. The summed E-state index contributed by atoms with van der Waals surface area (Å²) in [5.41, 5.74) is 2.12. The molecule has 0 bridgehead atoms. The summed E-state index contributed by atoms with van der Waals surface area (Å²) in [5, 5.41) is 11.9. The smallest absolute Gasteiger partial charge is 0.134 e. The van der Waals surface area contributed by atoms with Gasteiger partial charge in [0.1, 0.15) is 17.4 Å². The maximum Gasteiger partial charge on any atom is 0.134 e. The summed E-state index contributed by atoms with van der Waals surface area (Å²) < 4.78 is 5.69. The lowest BCUT2D eigenvalue weighted by Gasteiger charge is -2.15. The maximum absolute atomic E-state index is 10.3. The first-order chi connectivity index (χ1) is 9.22. The predicted octanol–water partition coefficient (Wildman–Crippen LogP) is 5.01. The van der Waals surface area contributed by atoms with E-state index in [9.17, 15) is 5.11 Å². The van der Waals surface area contributed by atoms with Crippen molar-refractivity contribution in [2.75, 3.05) is 0 Å². The molecule has 1 N–H and O–H groups in total. The topological polar surface area (TPSA) is 33.4 Å². The Kier molecular flexibility index (Phi) is 3.63. The van der Waals surface area contributed by atoms with E-state index in [1.165, 1.54) is 18.4 Å². The van der Waals surface area contributed by atoms with Gasteiger partial charge in [0.2, 0.25) is 0 Å². The Morgan fingerprint density at radius 1 is 1.26 bits per heavy atom. The minimum atomic E-state index is -0.560. The van der Waals surface area contributed by atoms with Crippen molar-refractivity contribution in [1.82, 2.24) is 0 Å². The lowest BCUT2D eigenvalue weighted by molar-refractivity contribution is 0.151. The number of benzene rings is 1. The van der Waals surface area contributed by atoms with Crippen LogP contribution in [0, 0.1) is 0 Å². The lowest BCUT2D eigenvalue weighted by Crippen LogP contribution is -2.00. The Hall–Kier alpha value is -1.25. The van der Waals surface area contributed by atoms with E-state index in [-0.39, 0.29) is 0 Å². The van der Waals surface area contributed by atoms with Crippen molar-refractivity contribution in [3.63, 3.8) is 0 Å². The van der Waals surface area contributed by atoms with Crippen LogP contribution in [0.2, 0.25) is 5.02 Å². The zero-order valence-electron chi connectivity index (χ0n) is 10.7. The highest BCUT2D eigenvalue weighted by Crippen LogP contribution is 2.31. The van der Waals surface area contributed by atoms with Gasteiger partial charge in [-0.15, -0.1) is 0 Å². The van der Waals surface area contributed by atoms with Gasteiger partial charge in [0.25, 0.3) is 0 Å². The Balaban J connectivity index is 1.80. The Morgan fingerprint density at radius 3 is 2.95 bits per heavy atom. The average molecular weight is 277 g/mol. The third kappa shape index (κ3) is 2.85. The number of aliphatic hydroxyl groups excluding tert-OH is 1. The van der Waals surface area contributed by atoms with Crippen LogP contribution in [0.1, 0.15) is 44.0 Å². The number of furan rings is 1. The van der Waals surface area contributed by atoms with Crippen LogP contribution in [0.15, 0.2) is 40.3 Å². The van der Waals surface area contributed by atoms with Gasteiger partial charge in [-0.1, -0.05) is 23.3 Å². The van der Waals surface area contributed by atoms with Crippen molar-refractivity contribution in [2.45, 2.75) is 38.2 Å². The van der Waals surface area contributed by atoms with Crippen LogP contribution >= 0.6 is 11.6 Å². The molecule has 0 radical (unpaired) electrons. The van der Waals surface area contributed by atoms with Crippen molar-refractivity contribution in [3.05, 3.63) is 46.7 Å². The molecule has 3 heteroatoms. The molecule has 1 unspecified atom stereocenters. The van der Waals surface area contributed by atoms with Crippen molar-refractivity contribution >= 4 is 22.6 Å². The Bertz CT molecular complexity index is 612. The molecule has 1 aliphatic carbocycles. The third-order valence-electron chi connectivity index (χ3n) is 3.67. The van der Waals surface area contributed by atoms with E-state index in [4.69, 9.17) is 16.0 Å². The fourth-order valence-corrected chi connectivity index (χ4v) is 2.82. The SMILES string of the molecule is OC(CC1=CCCCC1)c1cc2cc(Cl)ccc2o1. The molecule has 1 heterocycles.